The van der Waals surface area contributed by atoms with Crippen molar-refractivity contribution in [1.29, 1.82) is 0 Å². The topological polar surface area (TPSA) is 58.6 Å². The second kappa shape index (κ2) is 6.77. The van der Waals surface area contributed by atoms with E-state index in [4.69, 9.17) is 4.74 Å². The Balaban J connectivity index is 2.15. The van der Waals surface area contributed by atoms with Gasteiger partial charge in [0.15, 0.2) is 0 Å². The van der Waals surface area contributed by atoms with Gasteiger partial charge in [-0.3, -0.25) is 0 Å². The first kappa shape index (κ1) is 16.3. The predicted molar refractivity (Wildman–Crippen MR) is 83.0 cm³/mol. The van der Waals surface area contributed by atoms with Gasteiger partial charge in [-0.15, -0.1) is 0 Å². The van der Waals surface area contributed by atoms with Gasteiger partial charge in [-0.2, -0.15) is 4.31 Å². The number of methoxy groups -OCH3 is 1. The normalized spacial score (nSPS) is 23.2. The molecule has 0 bridgehead atoms. The zero-order valence-electron chi connectivity index (χ0n) is 12.9. The molecule has 1 N–H and O–H groups in total. The Morgan fingerprint density at radius 2 is 1.90 bits per heavy atom. The molecule has 2 rings (SSSR count). The molecule has 1 aliphatic rings. The Morgan fingerprint density at radius 3 is 2.48 bits per heavy atom. The van der Waals surface area contributed by atoms with Crippen molar-refractivity contribution in [1.82, 2.24) is 9.62 Å². The molecule has 1 aliphatic carbocycles. The highest BCUT2D eigenvalue weighted by molar-refractivity contribution is 7.89. The van der Waals surface area contributed by atoms with Crippen molar-refractivity contribution in [2.45, 2.75) is 42.7 Å². The minimum atomic E-state index is -3.46. The highest BCUT2D eigenvalue weighted by atomic mass is 32.2. The molecule has 0 spiro atoms. The molecule has 0 atom stereocenters. The summed E-state index contributed by atoms with van der Waals surface area (Å²) in [4.78, 5) is 0.292. The van der Waals surface area contributed by atoms with Crippen LogP contribution in [0.25, 0.3) is 0 Å². The molecule has 1 aromatic carbocycles. The van der Waals surface area contributed by atoms with Gasteiger partial charge in [0.25, 0.3) is 0 Å². The van der Waals surface area contributed by atoms with Crippen LogP contribution in [0.4, 0.5) is 0 Å². The minimum Gasteiger partial charge on any atom is -0.497 e. The van der Waals surface area contributed by atoms with Crippen LogP contribution in [0.3, 0.4) is 0 Å². The second-order valence-electron chi connectivity index (χ2n) is 5.49. The van der Waals surface area contributed by atoms with Crippen molar-refractivity contribution in [3.63, 3.8) is 0 Å². The summed E-state index contributed by atoms with van der Waals surface area (Å²) in [6.07, 6.45) is 3.81. The van der Waals surface area contributed by atoms with Crippen LogP contribution in [0, 0.1) is 0 Å². The van der Waals surface area contributed by atoms with Crippen LogP contribution in [0.15, 0.2) is 29.2 Å². The molecule has 6 heteroatoms. The van der Waals surface area contributed by atoms with Gasteiger partial charge < -0.3 is 10.1 Å². The van der Waals surface area contributed by atoms with Gasteiger partial charge >= 0.3 is 0 Å². The van der Waals surface area contributed by atoms with E-state index < -0.39 is 10.0 Å². The maximum Gasteiger partial charge on any atom is 0.243 e. The van der Waals surface area contributed by atoms with Crippen molar-refractivity contribution < 1.29 is 13.2 Å². The molecule has 0 amide bonds. The zero-order valence-corrected chi connectivity index (χ0v) is 13.7. The van der Waals surface area contributed by atoms with Gasteiger partial charge in [0.05, 0.1) is 12.0 Å². The number of hydrogen-bond donors (Lipinski definition) is 1. The molecule has 0 unspecified atom stereocenters. The lowest BCUT2D eigenvalue weighted by Crippen LogP contribution is -2.42. The molecule has 0 aliphatic heterocycles. The summed E-state index contributed by atoms with van der Waals surface area (Å²) in [5.74, 6) is 0.559. The Hall–Kier alpha value is -1.11. The molecule has 21 heavy (non-hydrogen) atoms. The van der Waals surface area contributed by atoms with E-state index in [9.17, 15) is 8.42 Å². The Morgan fingerprint density at radius 1 is 1.24 bits per heavy atom. The number of benzene rings is 1. The average molecular weight is 312 g/mol. The molecule has 0 heterocycles. The molecular formula is C15H24N2O3S. The fraction of sp³-hybridized carbons (Fsp3) is 0.600. The molecule has 1 saturated carbocycles. The SMILES string of the molecule is CNC1CCC(N(C)S(=O)(=O)c2cccc(OC)c2)CC1. The van der Waals surface area contributed by atoms with Crippen LogP contribution in [-0.2, 0) is 10.0 Å². The number of rotatable bonds is 5. The number of sulfonamides is 1. The van der Waals surface area contributed by atoms with Crippen molar-refractivity contribution in [3.05, 3.63) is 24.3 Å². The first-order valence-corrected chi connectivity index (χ1v) is 8.72. The van der Waals surface area contributed by atoms with E-state index in [-0.39, 0.29) is 6.04 Å². The van der Waals surface area contributed by atoms with E-state index in [1.165, 1.54) is 11.4 Å². The van der Waals surface area contributed by atoms with Gasteiger partial charge in [0, 0.05) is 25.2 Å². The number of nitrogens with one attached hydrogen (secondary N) is 1. The third kappa shape index (κ3) is 3.56. The van der Waals surface area contributed by atoms with Crippen LogP contribution in [-0.4, -0.2) is 46.0 Å². The molecule has 5 nitrogen and oxygen atoms in total. The van der Waals surface area contributed by atoms with Gasteiger partial charge in [-0.05, 0) is 44.9 Å². The van der Waals surface area contributed by atoms with Crippen LogP contribution in [0.5, 0.6) is 5.75 Å². The van der Waals surface area contributed by atoms with Crippen LogP contribution in [0.1, 0.15) is 25.7 Å². The van der Waals surface area contributed by atoms with Crippen LogP contribution in [0.2, 0.25) is 0 Å². The Kier molecular flexibility index (Phi) is 5.24. The van der Waals surface area contributed by atoms with Crippen molar-refractivity contribution >= 4 is 10.0 Å². The summed E-state index contributed by atoms with van der Waals surface area (Å²) >= 11 is 0. The molecule has 118 valence electrons. The molecule has 0 aromatic heterocycles. The van der Waals surface area contributed by atoms with Gasteiger partial charge in [-0.1, -0.05) is 6.07 Å². The Bertz CT molecular complexity index is 566. The number of hydrogen-bond acceptors (Lipinski definition) is 4. The lowest BCUT2D eigenvalue weighted by atomic mass is 9.91. The summed E-state index contributed by atoms with van der Waals surface area (Å²) in [7, 11) is 1.71. The van der Waals surface area contributed by atoms with E-state index in [0.717, 1.165) is 25.7 Å². The standard InChI is InChI=1S/C15H24N2O3S/c1-16-12-7-9-13(10-8-12)17(2)21(18,19)15-6-4-5-14(11-15)20-3/h4-6,11-13,16H,7-10H2,1-3H3. The predicted octanol–water partition coefficient (Wildman–Crippen LogP) is 1.85. The van der Waals surface area contributed by atoms with Crippen molar-refractivity contribution in [3.8, 4) is 5.75 Å². The van der Waals surface area contributed by atoms with Crippen molar-refractivity contribution in [2.75, 3.05) is 21.2 Å². The number of nitrogens with zero attached hydrogens (tertiary/aromatic N) is 1. The van der Waals surface area contributed by atoms with E-state index in [1.807, 2.05) is 7.05 Å². The summed E-state index contributed by atoms with van der Waals surface area (Å²) in [6, 6.07) is 7.23. The molecule has 1 aromatic rings. The molecule has 1 fully saturated rings. The number of ether oxygens (including phenoxy) is 1. The molecule has 0 radical (unpaired) electrons. The fourth-order valence-electron chi connectivity index (χ4n) is 2.85. The minimum absolute atomic E-state index is 0.0748. The average Bonchev–Trinajstić information content (AvgIpc) is 2.54. The summed E-state index contributed by atoms with van der Waals surface area (Å²) in [6.45, 7) is 0. The second-order valence-corrected chi connectivity index (χ2v) is 7.49. The lowest BCUT2D eigenvalue weighted by molar-refractivity contribution is 0.255. The highest BCUT2D eigenvalue weighted by Crippen LogP contribution is 2.27. The van der Waals surface area contributed by atoms with Gasteiger partial charge in [-0.25, -0.2) is 8.42 Å². The van der Waals surface area contributed by atoms with Gasteiger partial charge in [0.2, 0.25) is 10.0 Å². The van der Waals surface area contributed by atoms with E-state index in [0.29, 0.717) is 16.7 Å². The van der Waals surface area contributed by atoms with E-state index in [2.05, 4.69) is 5.32 Å². The zero-order chi connectivity index (χ0) is 15.5. The maximum atomic E-state index is 12.7. The van der Waals surface area contributed by atoms with Gasteiger partial charge in [0.1, 0.15) is 5.75 Å². The summed E-state index contributed by atoms with van der Waals surface area (Å²) < 4.78 is 32.0. The van der Waals surface area contributed by atoms with Crippen LogP contribution < -0.4 is 10.1 Å². The first-order valence-electron chi connectivity index (χ1n) is 7.28. The fourth-order valence-corrected chi connectivity index (χ4v) is 4.30. The molecule has 0 saturated heterocycles. The summed E-state index contributed by atoms with van der Waals surface area (Å²) in [5, 5.41) is 3.26. The third-order valence-electron chi connectivity index (χ3n) is 4.34. The quantitative estimate of drug-likeness (QED) is 0.901. The highest BCUT2D eigenvalue weighted by Gasteiger charge is 2.31. The first-order chi connectivity index (χ1) is 9.98. The van der Waals surface area contributed by atoms with E-state index in [1.54, 1.807) is 31.3 Å². The monoisotopic (exact) mass is 312 g/mol. The molecular weight excluding hydrogens is 288 g/mol. The Labute approximate surface area is 127 Å². The summed E-state index contributed by atoms with van der Waals surface area (Å²) in [5.41, 5.74) is 0. The lowest BCUT2D eigenvalue weighted by Gasteiger charge is -2.33. The largest absolute Gasteiger partial charge is 0.497 e. The van der Waals surface area contributed by atoms with E-state index >= 15 is 0 Å². The smallest absolute Gasteiger partial charge is 0.243 e. The van der Waals surface area contributed by atoms with Crippen molar-refractivity contribution in [2.24, 2.45) is 0 Å². The maximum absolute atomic E-state index is 12.7. The third-order valence-corrected chi connectivity index (χ3v) is 6.24. The van der Waals surface area contributed by atoms with Crippen LogP contribution >= 0.6 is 0 Å².